The lowest BCUT2D eigenvalue weighted by Crippen LogP contribution is -2.42. The van der Waals surface area contributed by atoms with Gasteiger partial charge in [0.25, 0.3) is 0 Å². The van der Waals surface area contributed by atoms with E-state index in [0.29, 0.717) is 0 Å². The first-order valence-corrected chi connectivity index (χ1v) is 10.1. The molecule has 0 fully saturated rings. The van der Waals surface area contributed by atoms with Gasteiger partial charge in [-0.05, 0) is 6.92 Å². The molecule has 2 amide bonds. The highest BCUT2D eigenvalue weighted by Crippen LogP contribution is 2.01. The molecule has 0 spiro atoms. The number of nitrogens with one attached hydrogen (secondary N) is 2. The zero-order chi connectivity index (χ0) is 27.5. The van der Waals surface area contributed by atoms with Gasteiger partial charge in [0.1, 0.15) is 26.4 Å². The van der Waals surface area contributed by atoms with Gasteiger partial charge in [-0.3, -0.25) is 0 Å². The Labute approximate surface area is 206 Å². The third-order valence-electron chi connectivity index (χ3n) is 3.50. The number of alkyl carbamates (subject to hydrolysis) is 2. The van der Waals surface area contributed by atoms with Gasteiger partial charge >= 0.3 is 36.1 Å². The van der Waals surface area contributed by atoms with Gasteiger partial charge in [-0.2, -0.15) is 0 Å². The van der Waals surface area contributed by atoms with Crippen LogP contribution >= 0.6 is 0 Å². The fourth-order valence-electron chi connectivity index (χ4n) is 1.80. The van der Waals surface area contributed by atoms with Crippen molar-refractivity contribution in [3.63, 3.8) is 0 Å². The van der Waals surface area contributed by atoms with E-state index in [1.54, 1.807) is 0 Å². The van der Waals surface area contributed by atoms with Gasteiger partial charge in [0.15, 0.2) is 12.2 Å². The lowest BCUT2D eigenvalue weighted by Gasteiger charge is -2.19. The van der Waals surface area contributed by atoms with E-state index >= 15 is 0 Å². The molecule has 0 aromatic heterocycles. The largest absolute Gasteiger partial charge is 0.458 e. The van der Waals surface area contributed by atoms with Crippen molar-refractivity contribution in [3.05, 3.63) is 50.1 Å². The average Bonchev–Trinajstić information content (AvgIpc) is 2.85. The molecule has 14 nitrogen and oxygen atoms in total. The number of carbonyl (C=O) groups is 6. The van der Waals surface area contributed by atoms with Gasteiger partial charge in [-0.25, -0.2) is 28.8 Å². The Morgan fingerprint density at radius 3 is 1.31 bits per heavy atom. The van der Waals surface area contributed by atoms with Crippen LogP contribution in [0.1, 0.15) is 6.92 Å². The number of esters is 4. The van der Waals surface area contributed by atoms with Crippen LogP contribution < -0.4 is 10.6 Å². The summed E-state index contributed by atoms with van der Waals surface area (Å²) in [5.41, 5.74) is 0.0980. The Morgan fingerprint density at radius 1 is 0.667 bits per heavy atom. The molecule has 0 aromatic carbocycles. The van der Waals surface area contributed by atoms with Crippen LogP contribution in [-0.2, 0) is 47.6 Å². The fraction of sp³-hybridized carbons (Fsp3) is 0.364. The number of hydrogen-bond acceptors (Lipinski definition) is 12. The minimum absolute atomic E-state index is 0.0980. The molecule has 0 heterocycles. The second-order valence-electron chi connectivity index (χ2n) is 6.47. The van der Waals surface area contributed by atoms with Crippen LogP contribution in [0.25, 0.3) is 0 Å². The third-order valence-corrected chi connectivity index (χ3v) is 3.50. The maximum Gasteiger partial charge on any atom is 0.409 e. The topological polar surface area (TPSA) is 182 Å². The second kappa shape index (κ2) is 17.8. The van der Waals surface area contributed by atoms with Gasteiger partial charge < -0.3 is 39.1 Å². The van der Waals surface area contributed by atoms with E-state index in [1.165, 1.54) is 6.92 Å². The second-order valence-corrected chi connectivity index (χ2v) is 6.47. The van der Waals surface area contributed by atoms with Crippen LogP contribution in [0.4, 0.5) is 9.59 Å². The predicted octanol–water partition coefficient (Wildman–Crippen LogP) is 0.440. The number of carbonyl (C=O) groups excluding carboxylic acids is 6. The van der Waals surface area contributed by atoms with Crippen molar-refractivity contribution < 1.29 is 57.2 Å². The predicted molar refractivity (Wildman–Crippen MR) is 121 cm³/mol. The van der Waals surface area contributed by atoms with E-state index < -0.39 is 81.4 Å². The summed E-state index contributed by atoms with van der Waals surface area (Å²) in [5, 5.41) is 4.31. The van der Waals surface area contributed by atoms with E-state index in [1.807, 2.05) is 0 Å². The monoisotopic (exact) mass is 512 g/mol. The molecule has 0 radical (unpaired) electrons. The summed E-state index contributed by atoms with van der Waals surface area (Å²) in [6.45, 7) is 12.2. The Hall–Kier alpha value is -4.62. The van der Waals surface area contributed by atoms with Crippen molar-refractivity contribution in [1.82, 2.24) is 10.6 Å². The first-order valence-electron chi connectivity index (χ1n) is 10.1. The molecule has 0 saturated heterocycles. The zero-order valence-electron chi connectivity index (χ0n) is 19.6. The number of ether oxygens (including phenoxy) is 6. The molecule has 1 unspecified atom stereocenters. The van der Waals surface area contributed by atoms with Crippen LogP contribution in [0.2, 0.25) is 0 Å². The lowest BCUT2D eigenvalue weighted by atomic mass is 10.3. The van der Waals surface area contributed by atoms with Gasteiger partial charge in [-0.1, -0.05) is 26.3 Å². The summed E-state index contributed by atoms with van der Waals surface area (Å²) in [7, 11) is 0. The first-order chi connectivity index (χ1) is 17.0. The van der Waals surface area contributed by atoms with Gasteiger partial charge in [0, 0.05) is 23.8 Å². The third kappa shape index (κ3) is 15.3. The molecule has 0 aromatic rings. The number of rotatable bonds is 16. The van der Waals surface area contributed by atoms with Crippen molar-refractivity contribution in [2.45, 2.75) is 19.1 Å². The van der Waals surface area contributed by atoms with Crippen LogP contribution in [0, 0.1) is 0 Å². The van der Waals surface area contributed by atoms with Crippen molar-refractivity contribution in [2.75, 3.05) is 33.1 Å². The zero-order valence-corrected chi connectivity index (χ0v) is 19.6. The molecular formula is C22H28N2O12. The maximum absolute atomic E-state index is 12.0. The van der Waals surface area contributed by atoms with Crippen molar-refractivity contribution in [3.8, 4) is 0 Å². The van der Waals surface area contributed by atoms with E-state index in [0.717, 1.165) is 18.2 Å². The van der Waals surface area contributed by atoms with Crippen LogP contribution in [0.5, 0.6) is 0 Å². The molecule has 0 aliphatic carbocycles. The van der Waals surface area contributed by atoms with E-state index in [4.69, 9.17) is 28.4 Å². The summed E-state index contributed by atoms with van der Waals surface area (Å²) in [6.07, 6.45) is -1.86. The van der Waals surface area contributed by atoms with Gasteiger partial charge in [0.05, 0.1) is 6.67 Å². The Kier molecular flexibility index (Phi) is 15.5. The van der Waals surface area contributed by atoms with Gasteiger partial charge in [0.2, 0.25) is 0 Å². The Morgan fingerprint density at radius 2 is 1.00 bits per heavy atom. The summed E-state index contributed by atoms with van der Waals surface area (Å²) in [6, 6.07) is 0. The molecule has 198 valence electrons. The van der Waals surface area contributed by atoms with Crippen molar-refractivity contribution in [1.29, 1.82) is 0 Å². The minimum Gasteiger partial charge on any atom is -0.458 e. The molecule has 14 heteroatoms. The lowest BCUT2D eigenvalue weighted by molar-refractivity contribution is -0.148. The maximum atomic E-state index is 12.0. The minimum atomic E-state index is -1.19. The SMILES string of the molecule is C=CC(=O)OCC(COC(=O)C=C)OC(=O)NCNC(=O)OC(COC(=O)C=C)COC(=O)C(=C)C. The highest BCUT2D eigenvalue weighted by atomic mass is 16.6. The fourth-order valence-corrected chi connectivity index (χ4v) is 1.80. The molecule has 36 heavy (non-hydrogen) atoms. The van der Waals surface area contributed by atoms with E-state index in [-0.39, 0.29) is 5.57 Å². The molecule has 1 atom stereocenters. The summed E-state index contributed by atoms with van der Waals surface area (Å²) < 4.78 is 29.1. The van der Waals surface area contributed by atoms with Crippen molar-refractivity contribution in [2.24, 2.45) is 0 Å². The highest BCUT2D eigenvalue weighted by molar-refractivity contribution is 5.87. The molecule has 0 bridgehead atoms. The van der Waals surface area contributed by atoms with E-state index in [2.05, 4.69) is 36.9 Å². The highest BCUT2D eigenvalue weighted by Gasteiger charge is 2.21. The average molecular weight is 512 g/mol. The Bertz CT molecular complexity index is 843. The van der Waals surface area contributed by atoms with Crippen LogP contribution in [0.3, 0.4) is 0 Å². The van der Waals surface area contributed by atoms with Crippen LogP contribution in [0.15, 0.2) is 50.1 Å². The number of amides is 2. The Balaban J connectivity index is 4.73. The van der Waals surface area contributed by atoms with E-state index in [9.17, 15) is 28.8 Å². The smallest absolute Gasteiger partial charge is 0.409 e. The molecule has 0 aliphatic rings. The molecule has 0 aliphatic heterocycles. The summed E-state index contributed by atoms with van der Waals surface area (Å²) in [5.74, 6) is -3.15. The van der Waals surface area contributed by atoms with Gasteiger partial charge in [-0.15, -0.1) is 0 Å². The molecule has 0 rings (SSSR count). The van der Waals surface area contributed by atoms with Crippen LogP contribution in [-0.4, -0.2) is 81.4 Å². The standard InChI is InChI=1S/C22H28N2O12/c1-6-17(25)31-9-15(10-32-18(26)7-2)35-21(29)23-13-24-22(30)36-16(11-33-19(27)8-3)12-34-20(28)14(4)5/h6-8,15-16H,1-4,9-13H2,5H3,(H,23,29)(H,24,30). The normalized spacial score (nSPS) is 10.5. The molecule has 2 N–H and O–H groups in total. The first kappa shape index (κ1) is 31.4. The summed E-state index contributed by atoms with van der Waals surface area (Å²) in [4.78, 5) is 69.1. The summed E-state index contributed by atoms with van der Waals surface area (Å²) >= 11 is 0. The number of hydrogen-bond donors (Lipinski definition) is 2. The van der Waals surface area contributed by atoms with Crippen molar-refractivity contribution >= 4 is 36.1 Å². The molecular weight excluding hydrogens is 484 g/mol. The molecule has 0 saturated carbocycles. The quantitative estimate of drug-likeness (QED) is 0.126.